The second kappa shape index (κ2) is 10.6. The Hall–Kier alpha value is -3.79. The number of hydrogen-bond donors (Lipinski definition) is 2. The molecule has 220 valence electrons. The van der Waals surface area contributed by atoms with Crippen molar-refractivity contribution in [1.29, 1.82) is 0 Å². The second-order valence-corrected chi connectivity index (χ2v) is 11.6. The maximum absolute atomic E-state index is 12.1. The first-order valence-corrected chi connectivity index (χ1v) is 14.5. The van der Waals surface area contributed by atoms with E-state index in [9.17, 15) is 4.79 Å². The zero-order valence-corrected chi connectivity index (χ0v) is 25.2. The van der Waals surface area contributed by atoms with E-state index in [1.807, 2.05) is 18.4 Å². The Morgan fingerprint density at radius 1 is 1.24 bits per heavy atom. The number of nitrogens with one attached hydrogen (secondary N) is 1. The van der Waals surface area contributed by atoms with Crippen LogP contribution in [0.15, 0.2) is 52.6 Å². The van der Waals surface area contributed by atoms with Gasteiger partial charge in [-0.1, -0.05) is 51.1 Å². The molecule has 1 saturated carbocycles. The van der Waals surface area contributed by atoms with Gasteiger partial charge < -0.3 is 20.7 Å². The number of hydrogen-bond acceptors (Lipinski definition) is 6. The van der Waals surface area contributed by atoms with E-state index >= 15 is 0 Å². The highest BCUT2D eigenvalue weighted by molar-refractivity contribution is 5.98. The third-order valence-electron chi connectivity index (χ3n) is 8.81. The number of fused-ring (bicyclic) bond motifs is 2. The van der Waals surface area contributed by atoms with E-state index < -0.39 is 17.1 Å². The lowest BCUT2D eigenvalue weighted by Crippen LogP contribution is -2.69. The lowest BCUT2D eigenvalue weighted by Gasteiger charge is -2.50. The SMILES string of the molecule is CC.CN=C(C)N=C(N)C1C2(NC(C)=O)COC1(c1nc3c(C)cc(N4CC[C@](C)(c5ccccc5)C4)cn3n1)C2.[HH]. The van der Waals surface area contributed by atoms with Gasteiger partial charge in [0.2, 0.25) is 5.91 Å². The standard InChI is InChI=1S/C29H36N8O2.C2H6.H2/c1-18-13-22(36-12-11-27(4,16-36)21-9-7-6-8-10-21)14-37-25(18)33-26(35-37)29-15-28(17-39-29,34-20(3)38)23(29)24(30)32-19(2)31-5;1-2;/h6-10,13-14,23H,11-12,15-17H2,1-5H3,(H,34,38)(H2,30,31,32);1-2H3;1H/t23?,27-,28?,29?;;/m0../s1. The molecule has 4 fully saturated rings. The minimum Gasteiger partial charge on any atom is -0.387 e. The zero-order valence-electron chi connectivity index (χ0n) is 25.2. The van der Waals surface area contributed by atoms with Crippen molar-refractivity contribution in [3.63, 3.8) is 0 Å². The summed E-state index contributed by atoms with van der Waals surface area (Å²) in [5.41, 5.74) is 9.43. The van der Waals surface area contributed by atoms with Crippen LogP contribution in [0.5, 0.6) is 0 Å². The number of carbonyl (C=O) groups excluding carboxylic acids is 1. The van der Waals surface area contributed by atoms with Crippen LogP contribution in [-0.2, 0) is 20.5 Å². The minimum absolute atomic E-state index is 0. The molecule has 2 aromatic heterocycles. The Labute approximate surface area is 243 Å². The summed E-state index contributed by atoms with van der Waals surface area (Å²) in [6, 6.07) is 12.9. The van der Waals surface area contributed by atoms with Gasteiger partial charge in [-0.25, -0.2) is 14.5 Å². The molecule has 10 heteroatoms. The Morgan fingerprint density at radius 3 is 2.66 bits per heavy atom. The van der Waals surface area contributed by atoms with Crippen LogP contribution in [-0.4, -0.2) is 64.5 Å². The first-order chi connectivity index (χ1) is 19.6. The molecule has 0 radical (unpaired) electrons. The normalized spacial score (nSPS) is 29.2. The first-order valence-electron chi connectivity index (χ1n) is 14.5. The average molecular weight is 561 g/mol. The Bertz CT molecular complexity index is 1520. The molecule has 1 aliphatic carbocycles. The molecule has 3 N–H and O–H groups in total. The summed E-state index contributed by atoms with van der Waals surface area (Å²) in [7, 11) is 1.67. The van der Waals surface area contributed by atoms with Gasteiger partial charge in [0.1, 0.15) is 17.3 Å². The molecule has 7 rings (SSSR count). The van der Waals surface area contributed by atoms with E-state index in [-0.39, 0.29) is 12.7 Å². The number of carbonyl (C=O) groups is 1. The summed E-state index contributed by atoms with van der Waals surface area (Å²) >= 11 is 0. The van der Waals surface area contributed by atoms with Crippen molar-refractivity contribution in [3.05, 3.63) is 59.5 Å². The molecule has 3 aromatic rings. The predicted octanol–water partition coefficient (Wildman–Crippen LogP) is 4.00. The number of anilines is 1. The number of nitrogens with zero attached hydrogens (tertiary/aromatic N) is 6. The molecule has 1 amide bonds. The van der Waals surface area contributed by atoms with Gasteiger partial charge in [-0.15, -0.1) is 5.10 Å². The number of benzene rings is 1. The summed E-state index contributed by atoms with van der Waals surface area (Å²) in [4.78, 5) is 28.1. The van der Waals surface area contributed by atoms with Gasteiger partial charge in [0.05, 0.1) is 29.9 Å². The van der Waals surface area contributed by atoms with Crippen LogP contribution in [0.3, 0.4) is 0 Å². The van der Waals surface area contributed by atoms with Crippen LogP contribution in [0.2, 0.25) is 0 Å². The molecule has 4 atom stereocenters. The molecule has 10 nitrogen and oxygen atoms in total. The number of aryl methyl sites for hydroxylation is 1. The summed E-state index contributed by atoms with van der Waals surface area (Å²) in [6.45, 7) is 13.9. The lowest BCUT2D eigenvalue weighted by atomic mass is 9.57. The molecule has 4 aliphatic rings. The van der Waals surface area contributed by atoms with Crippen molar-refractivity contribution < 1.29 is 11.0 Å². The molecule has 3 unspecified atom stereocenters. The molecular formula is C31H44N8O2. The molecule has 3 saturated heterocycles. The molecule has 2 bridgehead atoms. The number of pyridine rings is 1. The van der Waals surface area contributed by atoms with Crippen LogP contribution in [0.1, 0.15) is 65.8 Å². The van der Waals surface area contributed by atoms with E-state index in [2.05, 4.69) is 76.6 Å². The van der Waals surface area contributed by atoms with Crippen LogP contribution in [0.25, 0.3) is 5.65 Å². The van der Waals surface area contributed by atoms with Crippen molar-refractivity contribution in [2.45, 2.75) is 70.9 Å². The van der Waals surface area contributed by atoms with Gasteiger partial charge in [-0.3, -0.25) is 9.79 Å². The maximum atomic E-state index is 12.1. The van der Waals surface area contributed by atoms with Crippen molar-refractivity contribution in [2.24, 2.45) is 21.6 Å². The van der Waals surface area contributed by atoms with E-state index in [1.165, 1.54) is 12.5 Å². The van der Waals surface area contributed by atoms with Crippen LogP contribution >= 0.6 is 0 Å². The topological polar surface area (TPSA) is 122 Å². The summed E-state index contributed by atoms with van der Waals surface area (Å²) < 4.78 is 8.22. The Morgan fingerprint density at radius 2 is 1.98 bits per heavy atom. The van der Waals surface area contributed by atoms with Crippen molar-refractivity contribution in [3.8, 4) is 0 Å². The van der Waals surface area contributed by atoms with Crippen LogP contribution in [0.4, 0.5) is 5.69 Å². The summed E-state index contributed by atoms with van der Waals surface area (Å²) in [5, 5.41) is 8.01. The van der Waals surface area contributed by atoms with E-state index in [0.717, 1.165) is 36.4 Å². The number of nitrogens with two attached hydrogens (primary N) is 1. The van der Waals surface area contributed by atoms with Gasteiger partial charge >= 0.3 is 0 Å². The molecule has 1 aromatic carbocycles. The Kier molecular flexibility index (Phi) is 7.40. The van der Waals surface area contributed by atoms with Crippen molar-refractivity contribution in [1.82, 2.24) is 19.9 Å². The smallest absolute Gasteiger partial charge is 0.217 e. The van der Waals surface area contributed by atoms with Gasteiger partial charge in [0.15, 0.2) is 11.5 Å². The molecule has 0 spiro atoms. The summed E-state index contributed by atoms with van der Waals surface area (Å²) in [5.74, 6) is 0.955. The average Bonchev–Trinajstić information content (AvgIpc) is 3.71. The highest BCUT2D eigenvalue weighted by atomic mass is 16.5. The van der Waals surface area contributed by atoms with Gasteiger partial charge in [-0.05, 0) is 37.5 Å². The fourth-order valence-corrected chi connectivity index (χ4v) is 6.85. The monoisotopic (exact) mass is 560 g/mol. The number of aliphatic imine (C=N–C) groups is 2. The number of rotatable bonds is 5. The van der Waals surface area contributed by atoms with Crippen LogP contribution < -0.4 is 16.0 Å². The second-order valence-electron chi connectivity index (χ2n) is 11.6. The van der Waals surface area contributed by atoms with Crippen LogP contribution in [0, 0.1) is 12.8 Å². The number of ether oxygens (including phenoxy) is 1. The Balaban J connectivity index is 0.00000132. The number of amides is 1. The number of aromatic nitrogens is 3. The third kappa shape index (κ3) is 4.67. The van der Waals surface area contributed by atoms with E-state index in [0.29, 0.717) is 30.5 Å². The van der Waals surface area contributed by atoms with Gasteiger partial charge in [0.25, 0.3) is 0 Å². The maximum Gasteiger partial charge on any atom is 0.217 e. The molecular weight excluding hydrogens is 516 g/mol. The molecule has 3 aliphatic heterocycles. The van der Waals surface area contributed by atoms with Crippen molar-refractivity contribution >= 4 is 28.9 Å². The largest absolute Gasteiger partial charge is 0.387 e. The van der Waals surface area contributed by atoms with Crippen molar-refractivity contribution in [2.75, 3.05) is 31.6 Å². The van der Waals surface area contributed by atoms with E-state index in [4.69, 9.17) is 20.6 Å². The van der Waals surface area contributed by atoms with E-state index in [1.54, 1.807) is 14.0 Å². The minimum atomic E-state index is -0.859. The zero-order chi connectivity index (χ0) is 29.6. The third-order valence-corrected chi connectivity index (χ3v) is 8.81. The molecule has 41 heavy (non-hydrogen) atoms. The number of amidine groups is 2. The molecule has 5 heterocycles. The van der Waals surface area contributed by atoms with Gasteiger partial charge in [-0.2, -0.15) is 0 Å². The highest BCUT2D eigenvalue weighted by Gasteiger charge is 2.75. The fraction of sp³-hybridized carbons (Fsp3) is 0.516. The highest BCUT2D eigenvalue weighted by Crippen LogP contribution is 2.61. The fourth-order valence-electron chi connectivity index (χ4n) is 6.85. The van der Waals surface area contributed by atoms with Gasteiger partial charge in [0, 0.05) is 40.3 Å². The lowest BCUT2D eigenvalue weighted by molar-refractivity contribution is -0.123. The first kappa shape index (κ1) is 28.7. The summed E-state index contributed by atoms with van der Waals surface area (Å²) in [6.07, 6.45) is 3.67. The quantitative estimate of drug-likeness (QED) is 0.359. The predicted molar refractivity (Wildman–Crippen MR) is 165 cm³/mol.